The first-order valence-electron chi connectivity index (χ1n) is 8.23. The van der Waals surface area contributed by atoms with Gasteiger partial charge in [-0.25, -0.2) is 4.79 Å². The number of hydrogen-bond donors (Lipinski definition) is 1. The van der Waals surface area contributed by atoms with Crippen molar-refractivity contribution >= 4 is 6.09 Å². The normalized spacial score (nSPS) is 15.7. The molecule has 0 spiro atoms. The summed E-state index contributed by atoms with van der Waals surface area (Å²) in [6.45, 7) is 2.62. The van der Waals surface area contributed by atoms with E-state index in [-0.39, 0.29) is 6.09 Å². The van der Waals surface area contributed by atoms with Crippen LogP contribution in [0.2, 0.25) is 0 Å². The Morgan fingerprint density at radius 1 is 1.14 bits per heavy atom. The van der Waals surface area contributed by atoms with Crippen LogP contribution in [0.25, 0.3) is 0 Å². The highest BCUT2D eigenvalue weighted by Crippen LogP contribution is 2.17. The molecule has 2 rings (SSSR count). The van der Waals surface area contributed by atoms with Crippen molar-refractivity contribution in [3.63, 3.8) is 0 Å². The predicted molar refractivity (Wildman–Crippen MR) is 85.5 cm³/mol. The van der Waals surface area contributed by atoms with Crippen molar-refractivity contribution in [1.29, 1.82) is 0 Å². The fraction of sp³-hybridized carbons (Fsp3) is 0.611. The summed E-state index contributed by atoms with van der Waals surface area (Å²) >= 11 is 0. The number of rotatable bonds is 6. The fourth-order valence-corrected chi connectivity index (χ4v) is 2.81. The number of carbonyl (C=O) groups is 1. The summed E-state index contributed by atoms with van der Waals surface area (Å²) in [6, 6.07) is 8.96. The first-order chi connectivity index (χ1) is 10.2. The van der Waals surface area contributed by atoms with E-state index in [1.807, 2.05) is 0 Å². The van der Waals surface area contributed by atoms with Gasteiger partial charge in [0.1, 0.15) is 0 Å². The van der Waals surface area contributed by atoms with Crippen molar-refractivity contribution in [2.75, 3.05) is 6.61 Å². The smallest absolute Gasteiger partial charge is 0.407 e. The zero-order chi connectivity index (χ0) is 14.9. The van der Waals surface area contributed by atoms with Gasteiger partial charge in [0.05, 0.1) is 6.61 Å². The van der Waals surface area contributed by atoms with Crippen molar-refractivity contribution in [2.24, 2.45) is 0 Å². The molecule has 0 radical (unpaired) electrons. The molecule has 116 valence electrons. The minimum atomic E-state index is -0.239. The number of hydrogen-bond acceptors (Lipinski definition) is 2. The molecular formula is C18H27NO2. The van der Waals surface area contributed by atoms with Crippen molar-refractivity contribution < 1.29 is 9.53 Å². The maximum Gasteiger partial charge on any atom is 0.407 e. The van der Waals surface area contributed by atoms with Crippen molar-refractivity contribution in [3.05, 3.63) is 35.4 Å². The SMILES string of the molecule is Cc1ccc(CCCCOC(=O)NC2CCCCC2)cc1. The summed E-state index contributed by atoms with van der Waals surface area (Å²) in [5, 5.41) is 2.97. The van der Waals surface area contributed by atoms with Gasteiger partial charge >= 0.3 is 6.09 Å². The number of ether oxygens (including phenoxy) is 1. The minimum Gasteiger partial charge on any atom is -0.450 e. The van der Waals surface area contributed by atoms with Crippen molar-refractivity contribution in [1.82, 2.24) is 5.32 Å². The third kappa shape index (κ3) is 6.19. The van der Waals surface area contributed by atoms with Crippen molar-refractivity contribution in [2.45, 2.75) is 64.3 Å². The molecule has 0 aliphatic heterocycles. The van der Waals surface area contributed by atoms with Crippen LogP contribution in [-0.2, 0) is 11.2 Å². The fourth-order valence-electron chi connectivity index (χ4n) is 2.81. The molecule has 1 aromatic carbocycles. The number of unbranched alkanes of at least 4 members (excludes halogenated alkanes) is 1. The van der Waals surface area contributed by atoms with Crippen LogP contribution in [0.4, 0.5) is 4.79 Å². The van der Waals surface area contributed by atoms with Crippen LogP contribution in [0.15, 0.2) is 24.3 Å². The van der Waals surface area contributed by atoms with E-state index >= 15 is 0 Å². The van der Waals surface area contributed by atoms with Gasteiger partial charge in [-0.2, -0.15) is 0 Å². The lowest BCUT2D eigenvalue weighted by Crippen LogP contribution is -2.36. The van der Waals surface area contributed by atoms with Gasteiger partial charge in [0.25, 0.3) is 0 Å². The molecule has 1 aliphatic rings. The second-order valence-corrected chi connectivity index (χ2v) is 6.06. The van der Waals surface area contributed by atoms with Crippen LogP contribution in [0.3, 0.4) is 0 Å². The van der Waals surface area contributed by atoms with E-state index in [4.69, 9.17) is 4.74 Å². The van der Waals surface area contributed by atoms with E-state index in [1.54, 1.807) is 0 Å². The third-order valence-electron chi connectivity index (χ3n) is 4.14. The Morgan fingerprint density at radius 2 is 1.86 bits per heavy atom. The molecule has 1 saturated carbocycles. The van der Waals surface area contributed by atoms with Gasteiger partial charge in [-0.05, 0) is 44.6 Å². The summed E-state index contributed by atoms with van der Waals surface area (Å²) in [4.78, 5) is 11.6. The summed E-state index contributed by atoms with van der Waals surface area (Å²) in [5.74, 6) is 0. The molecule has 1 aromatic rings. The van der Waals surface area contributed by atoms with Gasteiger partial charge in [-0.1, -0.05) is 49.1 Å². The largest absolute Gasteiger partial charge is 0.450 e. The molecule has 3 heteroatoms. The minimum absolute atomic E-state index is 0.239. The molecule has 0 unspecified atom stereocenters. The summed E-state index contributed by atoms with van der Waals surface area (Å²) in [6.07, 6.45) is 8.73. The lowest BCUT2D eigenvalue weighted by molar-refractivity contribution is 0.137. The lowest BCUT2D eigenvalue weighted by atomic mass is 9.96. The molecule has 1 amide bonds. The van der Waals surface area contributed by atoms with E-state index in [0.29, 0.717) is 12.6 Å². The van der Waals surface area contributed by atoms with Crippen LogP contribution in [0.5, 0.6) is 0 Å². The molecule has 3 nitrogen and oxygen atoms in total. The first kappa shape index (κ1) is 15.9. The Balaban J connectivity index is 1.52. The number of benzene rings is 1. The Bertz CT molecular complexity index is 421. The van der Waals surface area contributed by atoms with E-state index < -0.39 is 0 Å². The summed E-state index contributed by atoms with van der Waals surface area (Å²) < 4.78 is 5.25. The van der Waals surface area contributed by atoms with Crippen LogP contribution < -0.4 is 5.32 Å². The predicted octanol–water partition coefficient (Wildman–Crippen LogP) is 4.38. The third-order valence-corrected chi connectivity index (χ3v) is 4.14. The molecule has 1 fully saturated rings. The number of carbonyl (C=O) groups excluding carboxylic acids is 1. The second kappa shape index (κ2) is 8.71. The lowest BCUT2D eigenvalue weighted by Gasteiger charge is -2.22. The van der Waals surface area contributed by atoms with E-state index in [1.165, 1.54) is 30.4 Å². The van der Waals surface area contributed by atoms with Crippen molar-refractivity contribution in [3.8, 4) is 0 Å². The average molecular weight is 289 g/mol. The second-order valence-electron chi connectivity index (χ2n) is 6.06. The molecule has 21 heavy (non-hydrogen) atoms. The van der Waals surface area contributed by atoms with Gasteiger partial charge in [-0.3, -0.25) is 0 Å². The highest BCUT2D eigenvalue weighted by atomic mass is 16.5. The first-order valence-corrected chi connectivity index (χ1v) is 8.23. The number of amides is 1. The summed E-state index contributed by atoms with van der Waals surface area (Å²) in [7, 11) is 0. The molecule has 0 heterocycles. The Labute approximate surface area is 128 Å². The Hall–Kier alpha value is -1.51. The monoisotopic (exact) mass is 289 g/mol. The topological polar surface area (TPSA) is 38.3 Å². The molecule has 0 saturated heterocycles. The number of alkyl carbamates (subject to hydrolysis) is 1. The van der Waals surface area contributed by atoms with E-state index in [2.05, 4.69) is 36.5 Å². The average Bonchev–Trinajstić information content (AvgIpc) is 2.50. The number of aryl methyl sites for hydroxylation is 2. The van der Waals surface area contributed by atoms with Crippen LogP contribution in [0.1, 0.15) is 56.1 Å². The molecule has 0 bridgehead atoms. The quantitative estimate of drug-likeness (QED) is 0.789. The maximum absolute atomic E-state index is 11.6. The van der Waals surface area contributed by atoms with Gasteiger partial charge in [0, 0.05) is 6.04 Å². The molecule has 0 aromatic heterocycles. The highest BCUT2D eigenvalue weighted by molar-refractivity contribution is 5.67. The van der Waals surface area contributed by atoms with Crippen LogP contribution in [-0.4, -0.2) is 18.7 Å². The zero-order valence-electron chi connectivity index (χ0n) is 13.1. The number of nitrogens with one attached hydrogen (secondary N) is 1. The molecule has 1 N–H and O–H groups in total. The van der Waals surface area contributed by atoms with Crippen LogP contribution >= 0.6 is 0 Å². The standard InChI is InChI=1S/C18H27NO2/c1-15-10-12-16(13-11-15)7-5-6-14-21-18(20)19-17-8-3-2-4-9-17/h10-13,17H,2-9,14H2,1H3,(H,19,20). The van der Waals surface area contributed by atoms with Gasteiger partial charge < -0.3 is 10.1 Å². The van der Waals surface area contributed by atoms with E-state index in [9.17, 15) is 4.79 Å². The van der Waals surface area contributed by atoms with Gasteiger partial charge in [-0.15, -0.1) is 0 Å². The van der Waals surface area contributed by atoms with Gasteiger partial charge in [0.2, 0.25) is 0 Å². The zero-order valence-corrected chi connectivity index (χ0v) is 13.1. The molecule has 0 atom stereocenters. The van der Waals surface area contributed by atoms with Gasteiger partial charge in [0.15, 0.2) is 0 Å². The molecule has 1 aliphatic carbocycles. The Kier molecular flexibility index (Phi) is 6.58. The molecular weight excluding hydrogens is 262 g/mol. The highest BCUT2D eigenvalue weighted by Gasteiger charge is 2.15. The Morgan fingerprint density at radius 3 is 2.57 bits per heavy atom. The summed E-state index contributed by atoms with van der Waals surface area (Å²) in [5.41, 5.74) is 2.65. The maximum atomic E-state index is 11.6. The van der Waals surface area contributed by atoms with E-state index in [0.717, 1.165) is 32.1 Å². The van der Waals surface area contributed by atoms with Crippen LogP contribution in [0, 0.1) is 6.92 Å².